The van der Waals surface area contributed by atoms with Gasteiger partial charge in [-0.1, -0.05) is 6.07 Å². The van der Waals surface area contributed by atoms with Crippen LogP contribution in [0.15, 0.2) is 54.9 Å². The number of rotatable bonds is 4. The van der Waals surface area contributed by atoms with Gasteiger partial charge in [-0.05, 0) is 30.7 Å². The maximum atomic E-state index is 14.1. The highest BCUT2D eigenvalue weighted by Crippen LogP contribution is 2.39. The topological polar surface area (TPSA) is 78.2 Å². The smallest absolute Gasteiger partial charge is 0.272 e. The highest BCUT2D eigenvalue weighted by atomic mass is 32.1. The highest BCUT2D eigenvalue weighted by Gasteiger charge is 2.15. The number of non-ortho nitro benzene ring substituents is 1. The van der Waals surface area contributed by atoms with E-state index in [1.165, 1.54) is 23.5 Å². The van der Waals surface area contributed by atoms with Gasteiger partial charge in [-0.2, -0.15) is 0 Å². The predicted octanol–water partition coefficient (Wildman–Crippen LogP) is 5.38. The zero-order chi connectivity index (χ0) is 19.0. The van der Waals surface area contributed by atoms with Gasteiger partial charge in [0.2, 0.25) is 0 Å². The number of halogens is 1. The number of nitro groups is 1. The lowest BCUT2D eigenvalue weighted by Crippen LogP contribution is -1.92. The molecule has 0 unspecified atom stereocenters. The molecule has 0 saturated carbocycles. The van der Waals surface area contributed by atoms with E-state index >= 15 is 0 Å². The number of ether oxygens (including phenoxy) is 1. The zero-order valence-electron chi connectivity index (χ0n) is 13.8. The van der Waals surface area contributed by atoms with Crippen LogP contribution in [0.2, 0.25) is 0 Å². The van der Waals surface area contributed by atoms with E-state index in [0.29, 0.717) is 11.3 Å². The van der Waals surface area contributed by atoms with Crippen LogP contribution < -0.4 is 4.74 Å². The van der Waals surface area contributed by atoms with E-state index in [-0.39, 0.29) is 11.4 Å². The van der Waals surface area contributed by atoms with E-state index in [2.05, 4.69) is 16.9 Å². The molecule has 0 N–H and O–H groups in total. The van der Waals surface area contributed by atoms with Gasteiger partial charge in [-0.3, -0.25) is 20.1 Å². The first-order valence-electron chi connectivity index (χ1n) is 7.80. The molecular weight excluding hydrogens is 369 g/mol. The van der Waals surface area contributed by atoms with Crippen LogP contribution >= 0.6 is 11.3 Å². The number of nitro benzene ring substituents is 1. The van der Waals surface area contributed by atoms with Crippen LogP contribution in [0.5, 0.6) is 11.5 Å². The quantitative estimate of drug-likeness (QED) is 0.351. The predicted molar refractivity (Wildman–Crippen MR) is 100 cm³/mol. The van der Waals surface area contributed by atoms with E-state index in [4.69, 9.17) is 4.74 Å². The van der Waals surface area contributed by atoms with Crippen LogP contribution in [-0.2, 0) is 0 Å². The Balaban J connectivity index is 1.72. The molecule has 133 valence electrons. The average molecular weight is 380 g/mol. The molecule has 0 atom stereocenters. The summed E-state index contributed by atoms with van der Waals surface area (Å²) in [6.07, 6.45) is 3.24. The van der Waals surface area contributed by atoms with Crippen LogP contribution in [0.4, 0.5) is 10.1 Å². The Kier molecular flexibility index (Phi) is 4.25. The minimum Gasteiger partial charge on any atom is -0.453 e. The average Bonchev–Trinajstić information content (AvgIpc) is 3.09. The molecule has 3 heterocycles. The van der Waals surface area contributed by atoms with Gasteiger partial charge in [0.05, 0.1) is 31.8 Å². The fourth-order valence-corrected chi connectivity index (χ4v) is 3.54. The van der Waals surface area contributed by atoms with Crippen molar-refractivity contribution in [2.75, 3.05) is 0 Å². The summed E-state index contributed by atoms with van der Waals surface area (Å²) in [6.45, 7) is 3.82. The first-order chi connectivity index (χ1) is 13.0. The summed E-state index contributed by atoms with van der Waals surface area (Å²) in [6, 6.07) is 10.5. The molecule has 0 spiro atoms. The summed E-state index contributed by atoms with van der Waals surface area (Å²) in [5, 5.41) is 10.7. The molecular formula is C19H11FN3O3S. The third kappa shape index (κ3) is 3.34. The number of benzene rings is 1. The van der Waals surface area contributed by atoms with Gasteiger partial charge in [0.1, 0.15) is 5.75 Å². The molecule has 0 fully saturated rings. The van der Waals surface area contributed by atoms with Crippen LogP contribution in [0, 0.1) is 22.9 Å². The molecule has 0 aliphatic rings. The van der Waals surface area contributed by atoms with Gasteiger partial charge in [-0.15, -0.1) is 11.3 Å². The minimum atomic E-state index is -0.807. The first kappa shape index (κ1) is 17.0. The Morgan fingerprint density at radius 2 is 1.96 bits per heavy atom. The van der Waals surface area contributed by atoms with Crippen molar-refractivity contribution in [3.8, 4) is 22.1 Å². The third-order valence-electron chi connectivity index (χ3n) is 3.80. The monoisotopic (exact) mass is 380 g/mol. The lowest BCUT2D eigenvalue weighted by Gasteiger charge is -2.07. The Labute approximate surface area is 157 Å². The Hall–Kier alpha value is -3.39. The van der Waals surface area contributed by atoms with Crippen molar-refractivity contribution in [1.82, 2.24) is 9.97 Å². The van der Waals surface area contributed by atoms with Crippen LogP contribution in [0.25, 0.3) is 20.8 Å². The van der Waals surface area contributed by atoms with Gasteiger partial charge >= 0.3 is 0 Å². The number of hydrogen-bond acceptors (Lipinski definition) is 6. The number of hydrogen-bond donors (Lipinski definition) is 0. The summed E-state index contributed by atoms with van der Waals surface area (Å²) in [4.78, 5) is 19.6. The number of nitrogens with zero attached hydrogens (tertiary/aromatic N) is 3. The van der Waals surface area contributed by atoms with Crippen molar-refractivity contribution in [3.05, 3.63) is 83.3 Å². The lowest BCUT2D eigenvalue weighted by atomic mass is 10.2. The summed E-state index contributed by atoms with van der Waals surface area (Å²) in [7, 11) is 0. The molecule has 0 aliphatic carbocycles. The van der Waals surface area contributed by atoms with Gasteiger partial charge < -0.3 is 4.74 Å². The second kappa shape index (κ2) is 6.73. The maximum absolute atomic E-state index is 14.1. The highest BCUT2D eigenvalue weighted by molar-refractivity contribution is 7.22. The van der Waals surface area contributed by atoms with Crippen molar-refractivity contribution in [2.24, 2.45) is 0 Å². The largest absolute Gasteiger partial charge is 0.453 e. The molecule has 8 heteroatoms. The molecule has 1 aromatic carbocycles. The summed E-state index contributed by atoms with van der Waals surface area (Å²) < 4.78 is 20.5. The fourth-order valence-electron chi connectivity index (χ4n) is 2.50. The number of pyridine rings is 2. The van der Waals surface area contributed by atoms with Gasteiger partial charge in [0, 0.05) is 24.5 Å². The van der Waals surface area contributed by atoms with E-state index in [0.717, 1.165) is 26.9 Å². The molecule has 3 aromatic heterocycles. The molecule has 0 aliphatic heterocycles. The summed E-state index contributed by atoms with van der Waals surface area (Å²) >= 11 is 1.41. The van der Waals surface area contributed by atoms with Crippen molar-refractivity contribution in [3.63, 3.8) is 0 Å². The second-order valence-corrected chi connectivity index (χ2v) is 6.71. The van der Waals surface area contributed by atoms with Crippen LogP contribution in [0.1, 0.15) is 5.56 Å². The molecule has 1 radical (unpaired) electrons. The van der Waals surface area contributed by atoms with E-state index in [1.54, 1.807) is 18.5 Å². The van der Waals surface area contributed by atoms with E-state index in [9.17, 15) is 14.5 Å². The van der Waals surface area contributed by atoms with E-state index < -0.39 is 10.7 Å². The maximum Gasteiger partial charge on any atom is 0.272 e. The number of aromatic nitrogens is 2. The molecule has 0 bridgehead atoms. The minimum absolute atomic E-state index is 0.0948. The number of fused-ring (bicyclic) bond motifs is 1. The van der Waals surface area contributed by atoms with Gasteiger partial charge in [0.15, 0.2) is 11.6 Å². The standard InChI is InChI=1S/C19H11FN3O3S/c1-11-2-4-14(22-10-11)18-9-15-19(27-18)17(6-7-21-15)26-16-5-3-12(23(24)25)8-13(16)20/h2-10H,1H2. The van der Waals surface area contributed by atoms with Crippen molar-refractivity contribution in [2.45, 2.75) is 0 Å². The van der Waals surface area contributed by atoms with Crippen LogP contribution in [0.3, 0.4) is 0 Å². The first-order valence-corrected chi connectivity index (χ1v) is 8.61. The van der Waals surface area contributed by atoms with E-state index in [1.807, 2.05) is 18.2 Å². The van der Waals surface area contributed by atoms with Crippen LogP contribution in [-0.4, -0.2) is 14.9 Å². The van der Waals surface area contributed by atoms with Gasteiger partial charge in [0.25, 0.3) is 5.69 Å². The SMILES string of the molecule is [CH2]c1ccc(-c2cc3nccc(Oc4ccc([N+](=O)[O-])cc4F)c3s2)nc1. The molecule has 4 rings (SSSR count). The molecule has 0 saturated heterocycles. The zero-order valence-corrected chi connectivity index (χ0v) is 14.6. The molecule has 0 amide bonds. The van der Waals surface area contributed by atoms with Crippen molar-refractivity contribution in [1.29, 1.82) is 0 Å². The van der Waals surface area contributed by atoms with Gasteiger partial charge in [-0.25, -0.2) is 4.39 Å². The normalized spacial score (nSPS) is 10.9. The Bertz CT molecular complexity index is 1160. The Morgan fingerprint density at radius 3 is 2.67 bits per heavy atom. The molecule has 6 nitrogen and oxygen atoms in total. The number of thiophene rings is 1. The molecule has 4 aromatic rings. The van der Waals surface area contributed by atoms with Crippen molar-refractivity contribution < 1.29 is 14.1 Å². The Morgan fingerprint density at radius 1 is 1.11 bits per heavy atom. The third-order valence-corrected chi connectivity index (χ3v) is 4.96. The van der Waals surface area contributed by atoms with Crippen molar-refractivity contribution >= 4 is 27.2 Å². The lowest BCUT2D eigenvalue weighted by molar-refractivity contribution is -0.385. The second-order valence-electron chi connectivity index (χ2n) is 5.66. The molecule has 27 heavy (non-hydrogen) atoms. The summed E-state index contributed by atoms with van der Waals surface area (Å²) in [5.74, 6) is -0.487. The summed E-state index contributed by atoms with van der Waals surface area (Å²) in [5.41, 5.74) is 1.95. The fraction of sp³-hybridized carbons (Fsp3) is 0.